The number of pyridine rings is 1. The Hall–Kier alpha value is -1.90. The van der Waals surface area contributed by atoms with Gasteiger partial charge in [0.15, 0.2) is 0 Å². The fourth-order valence-electron chi connectivity index (χ4n) is 1.25. The average Bonchev–Trinajstić information content (AvgIpc) is 2.17. The maximum absolute atomic E-state index is 11.0. The third-order valence-corrected chi connectivity index (χ3v) is 1.83. The zero-order valence-corrected chi connectivity index (χ0v) is 6.82. The van der Waals surface area contributed by atoms with Crippen LogP contribution < -0.4 is 5.73 Å². The number of nitrogens with two attached hydrogens (primary N) is 1. The van der Waals surface area contributed by atoms with E-state index in [0.717, 1.165) is 10.9 Å². The van der Waals surface area contributed by atoms with Crippen LogP contribution in [0.3, 0.4) is 0 Å². The SMILES string of the molecule is NC(=O)c1[c]cnc2ccccc12. The van der Waals surface area contributed by atoms with Crippen LogP contribution in [0.1, 0.15) is 10.4 Å². The summed E-state index contributed by atoms with van der Waals surface area (Å²) in [4.78, 5) is 15.0. The Bertz CT molecular complexity index is 460. The largest absolute Gasteiger partial charge is 0.366 e. The lowest BCUT2D eigenvalue weighted by molar-refractivity contribution is 0.100. The van der Waals surface area contributed by atoms with Crippen molar-refractivity contribution in [3.05, 3.63) is 42.1 Å². The molecule has 3 nitrogen and oxygen atoms in total. The summed E-state index contributed by atoms with van der Waals surface area (Å²) < 4.78 is 0. The van der Waals surface area contributed by atoms with Crippen LogP contribution in [0.15, 0.2) is 30.5 Å². The second kappa shape index (κ2) is 2.86. The lowest BCUT2D eigenvalue weighted by Crippen LogP contribution is -2.11. The number of nitrogens with zero attached hydrogens (tertiary/aromatic N) is 1. The van der Waals surface area contributed by atoms with Crippen molar-refractivity contribution >= 4 is 16.8 Å². The first-order chi connectivity index (χ1) is 6.29. The molecule has 0 atom stereocenters. The minimum absolute atomic E-state index is 0.394. The number of aromatic nitrogens is 1. The highest BCUT2D eigenvalue weighted by Crippen LogP contribution is 2.14. The number of carbonyl (C=O) groups excluding carboxylic acids is 1. The van der Waals surface area contributed by atoms with Gasteiger partial charge in [-0.25, -0.2) is 0 Å². The highest BCUT2D eigenvalue weighted by Gasteiger charge is 2.05. The first-order valence-corrected chi connectivity index (χ1v) is 3.84. The lowest BCUT2D eigenvalue weighted by Gasteiger charge is -1.99. The van der Waals surface area contributed by atoms with Gasteiger partial charge in [0, 0.05) is 17.6 Å². The van der Waals surface area contributed by atoms with Gasteiger partial charge < -0.3 is 5.73 Å². The number of para-hydroxylation sites is 1. The van der Waals surface area contributed by atoms with E-state index in [0.29, 0.717) is 5.56 Å². The maximum atomic E-state index is 11.0. The van der Waals surface area contributed by atoms with E-state index in [1.165, 1.54) is 6.20 Å². The molecule has 0 spiro atoms. The van der Waals surface area contributed by atoms with Gasteiger partial charge in [-0.15, -0.1) is 0 Å². The van der Waals surface area contributed by atoms with Gasteiger partial charge in [-0.3, -0.25) is 9.78 Å². The monoisotopic (exact) mass is 171 g/mol. The number of primary amides is 1. The molecule has 0 aliphatic rings. The molecule has 0 saturated carbocycles. The normalized spacial score (nSPS) is 10.2. The number of fused-ring (bicyclic) bond motifs is 1. The van der Waals surface area contributed by atoms with Gasteiger partial charge in [-0.1, -0.05) is 18.2 Å². The third kappa shape index (κ3) is 1.24. The topological polar surface area (TPSA) is 56.0 Å². The second-order valence-electron chi connectivity index (χ2n) is 2.66. The molecule has 0 unspecified atom stereocenters. The van der Waals surface area contributed by atoms with Gasteiger partial charge >= 0.3 is 0 Å². The summed E-state index contributed by atoms with van der Waals surface area (Å²) in [5, 5.41) is 0.748. The van der Waals surface area contributed by atoms with Gasteiger partial charge in [0.1, 0.15) is 0 Å². The quantitative estimate of drug-likeness (QED) is 0.699. The molecule has 3 heteroatoms. The summed E-state index contributed by atoms with van der Waals surface area (Å²) in [6.45, 7) is 0. The number of carbonyl (C=O) groups is 1. The highest BCUT2D eigenvalue weighted by molar-refractivity contribution is 6.04. The maximum Gasteiger partial charge on any atom is 0.250 e. The Kier molecular flexibility index (Phi) is 1.70. The van der Waals surface area contributed by atoms with E-state index in [2.05, 4.69) is 11.1 Å². The first-order valence-electron chi connectivity index (χ1n) is 3.84. The van der Waals surface area contributed by atoms with Crippen LogP contribution in [0.4, 0.5) is 0 Å². The Morgan fingerprint density at radius 1 is 1.38 bits per heavy atom. The predicted molar refractivity (Wildman–Crippen MR) is 49.1 cm³/mol. The summed E-state index contributed by atoms with van der Waals surface area (Å²) in [7, 11) is 0. The van der Waals surface area contributed by atoms with Crippen molar-refractivity contribution in [1.29, 1.82) is 0 Å². The Balaban J connectivity index is 2.83. The van der Waals surface area contributed by atoms with E-state index in [4.69, 9.17) is 5.73 Å². The van der Waals surface area contributed by atoms with Crippen molar-refractivity contribution in [2.75, 3.05) is 0 Å². The van der Waals surface area contributed by atoms with Gasteiger partial charge in [0.05, 0.1) is 11.1 Å². The van der Waals surface area contributed by atoms with Crippen LogP contribution in [0, 0.1) is 6.07 Å². The standard InChI is InChI=1S/C10H7N2O/c11-10(13)8-5-6-12-9-4-2-1-3-7(8)9/h1-4,6H,(H2,11,13). The molecule has 1 aromatic heterocycles. The van der Waals surface area contributed by atoms with Gasteiger partial charge in [-0.2, -0.15) is 0 Å². The Labute approximate surface area is 75.2 Å². The molecule has 2 rings (SSSR count). The van der Waals surface area contributed by atoms with E-state index < -0.39 is 5.91 Å². The molecular formula is C10H7N2O. The van der Waals surface area contributed by atoms with Gasteiger partial charge in [-0.05, 0) is 6.07 Å². The molecule has 2 N–H and O–H groups in total. The Morgan fingerprint density at radius 2 is 2.15 bits per heavy atom. The first kappa shape index (κ1) is 7.73. The Morgan fingerprint density at radius 3 is 2.92 bits per heavy atom. The van der Waals surface area contributed by atoms with E-state index in [9.17, 15) is 4.79 Å². The molecule has 1 amide bonds. The number of benzene rings is 1. The number of hydrogen-bond donors (Lipinski definition) is 1. The summed E-state index contributed by atoms with van der Waals surface area (Å²) >= 11 is 0. The van der Waals surface area contributed by atoms with Crippen LogP contribution in [0.25, 0.3) is 10.9 Å². The van der Waals surface area contributed by atoms with Crippen LogP contribution in [0.2, 0.25) is 0 Å². The van der Waals surface area contributed by atoms with Crippen LogP contribution in [0.5, 0.6) is 0 Å². The average molecular weight is 171 g/mol. The van der Waals surface area contributed by atoms with Gasteiger partial charge in [0.25, 0.3) is 0 Å². The van der Waals surface area contributed by atoms with E-state index in [1.54, 1.807) is 6.07 Å². The van der Waals surface area contributed by atoms with Crippen LogP contribution in [-0.4, -0.2) is 10.9 Å². The fourth-order valence-corrected chi connectivity index (χ4v) is 1.25. The molecule has 13 heavy (non-hydrogen) atoms. The van der Waals surface area contributed by atoms with Crippen molar-refractivity contribution in [2.45, 2.75) is 0 Å². The van der Waals surface area contributed by atoms with Crippen molar-refractivity contribution in [1.82, 2.24) is 4.98 Å². The summed E-state index contributed by atoms with van der Waals surface area (Å²) in [6.07, 6.45) is 1.46. The van der Waals surface area contributed by atoms with E-state index in [1.807, 2.05) is 18.2 Å². The second-order valence-corrected chi connectivity index (χ2v) is 2.66. The molecule has 0 fully saturated rings. The van der Waals surface area contributed by atoms with Crippen LogP contribution >= 0.6 is 0 Å². The number of amides is 1. The molecule has 0 bridgehead atoms. The molecule has 1 radical (unpaired) electrons. The predicted octanol–water partition coefficient (Wildman–Crippen LogP) is 1.13. The molecule has 2 aromatic rings. The molecule has 0 aliphatic carbocycles. The van der Waals surface area contributed by atoms with E-state index >= 15 is 0 Å². The fraction of sp³-hybridized carbons (Fsp3) is 0. The van der Waals surface area contributed by atoms with Crippen molar-refractivity contribution in [2.24, 2.45) is 5.73 Å². The highest BCUT2D eigenvalue weighted by atomic mass is 16.1. The lowest BCUT2D eigenvalue weighted by atomic mass is 10.1. The van der Waals surface area contributed by atoms with Crippen LogP contribution in [-0.2, 0) is 0 Å². The molecule has 0 saturated heterocycles. The van der Waals surface area contributed by atoms with Crippen molar-refractivity contribution in [3.63, 3.8) is 0 Å². The summed E-state index contributed by atoms with van der Waals surface area (Å²) in [6, 6.07) is 10.1. The van der Waals surface area contributed by atoms with Crippen molar-refractivity contribution in [3.8, 4) is 0 Å². The zero-order chi connectivity index (χ0) is 9.26. The number of hydrogen-bond acceptors (Lipinski definition) is 2. The summed E-state index contributed by atoms with van der Waals surface area (Å²) in [5.41, 5.74) is 6.34. The third-order valence-electron chi connectivity index (χ3n) is 1.83. The summed E-state index contributed by atoms with van der Waals surface area (Å²) in [5.74, 6) is -0.474. The molecule has 0 aliphatic heterocycles. The van der Waals surface area contributed by atoms with E-state index in [-0.39, 0.29) is 0 Å². The number of rotatable bonds is 1. The molecule has 1 heterocycles. The van der Waals surface area contributed by atoms with Crippen molar-refractivity contribution < 1.29 is 4.79 Å². The molecule has 63 valence electrons. The minimum atomic E-state index is -0.474. The smallest absolute Gasteiger partial charge is 0.250 e. The zero-order valence-electron chi connectivity index (χ0n) is 6.82. The molecule has 1 aromatic carbocycles. The van der Waals surface area contributed by atoms with Gasteiger partial charge in [0.2, 0.25) is 5.91 Å². The minimum Gasteiger partial charge on any atom is -0.366 e. The molecular weight excluding hydrogens is 164 g/mol.